The third-order valence-electron chi connectivity index (χ3n) is 2.01. The van der Waals surface area contributed by atoms with Gasteiger partial charge in [0.05, 0.1) is 0 Å². The Kier molecular flexibility index (Phi) is 3.14. The third kappa shape index (κ3) is 2.05. The summed E-state index contributed by atoms with van der Waals surface area (Å²) in [5.41, 5.74) is 2.03. The molecule has 0 atom stereocenters. The maximum absolute atomic E-state index is 4.47. The average Bonchev–Trinajstić information content (AvgIpc) is 2.45. The molecule has 0 unspecified atom stereocenters. The monoisotopic (exact) mass is 360 g/mol. The van der Waals surface area contributed by atoms with E-state index in [2.05, 4.69) is 30.7 Å². The van der Waals surface area contributed by atoms with Crippen LogP contribution in [0.5, 0.6) is 0 Å². The molecule has 0 fully saturated rings. The van der Waals surface area contributed by atoms with E-state index < -0.39 is 0 Å². The molecule has 2 nitrogen and oxygen atoms in total. The Morgan fingerprint density at radius 3 is 2.36 bits per heavy atom. The van der Waals surface area contributed by atoms with Crippen LogP contribution in [-0.4, -0.2) is 4.98 Å². The SMILES string of the molecule is CC(C)(C)c1nc2ccccc2[n-]1.[Re]. The molecule has 3 heteroatoms. The van der Waals surface area contributed by atoms with Crippen LogP contribution in [0.2, 0.25) is 0 Å². The van der Waals surface area contributed by atoms with E-state index in [0.29, 0.717) is 0 Å². The van der Waals surface area contributed by atoms with Gasteiger partial charge in [0.15, 0.2) is 0 Å². The summed E-state index contributed by atoms with van der Waals surface area (Å²) in [7, 11) is 0. The summed E-state index contributed by atoms with van der Waals surface area (Å²) in [5, 5.41) is 0. The van der Waals surface area contributed by atoms with Gasteiger partial charge in [-0.1, -0.05) is 50.9 Å². The van der Waals surface area contributed by atoms with Crippen molar-refractivity contribution in [2.75, 3.05) is 0 Å². The van der Waals surface area contributed by atoms with Gasteiger partial charge in [0.25, 0.3) is 0 Å². The summed E-state index contributed by atoms with van der Waals surface area (Å²) in [5.74, 6) is 0.925. The van der Waals surface area contributed by atoms with Gasteiger partial charge in [-0.25, -0.2) is 0 Å². The van der Waals surface area contributed by atoms with Crippen LogP contribution in [-0.2, 0) is 25.8 Å². The number of para-hydroxylation sites is 2. The van der Waals surface area contributed by atoms with E-state index >= 15 is 0 Å². The fraction of sp³-hybridized carbons (Fsp3) is 0.364. The van der Waals surface area contributed by atoms with Crippen LogP contribution in [0.4, 0.5) is 0 Å². The first kappa shape index (κ1) is 11.4. The Balaban J connectivity index is 0.000000980. The summed E-state index contributed by atoms with van der Waals surface area (Å²) in [6, 6.07) is 7.97. The van der Waals surface area contributed by atoms with Gasteiger partial charge in [0.1, 0.15) is 0 Å². The van der Waals surface area contributed by atoms with E-state index in [-0.39, 0.29) is 25.8 Å². The van der Waals surface area contributed by atoms with Crippen molar-refractivity contribution >= 4 is 11.0 Å². The molecule has 0 amide bonds. The topological polar surface area (TPSA) is 27.0 Å². The first-order valence-corrected chi connectivity index (χ1v) is 4.47. The minimum absolute atomic E-state index is 0. The average molecular weight is 359 g/mol. The first-order chi connectivity index (χ1) is 6.07. The Morgan fingerprint density at radius 1 is 1.14 bits per heavy atom. The minimum Gasteiger partial charge on any atom is -0.439 e. The summed E-state index contributed by atoms with van der Waals surface area (Å²) < 4.78 is 0. The normalized spacial score (nSPS) is 11.4. The fourth-order valence-electron chi connectivity index (χ4n) is 1.24. The van der Waals surface area contributed by atoms with E-state index in [1.165, 1.54) is 0 Å². The Labute approximate surface area is 97.8 Å². The zero-order chi connectivity index (χ0) is 9.47. The summed E-state index contributed by atoms with van der Waals surface area (Å²) in [6.45, 7) is 6.38. The molecular formula is C11H13N2Re-. The molecule has 0 spiro atoms. The predicted molar refractivity (Wildman–Crippen MR) is 53.8 cm³/mol. The zero-order valence-electron chi connectivity index (χ0n) is 8.58. The molecule has 1 aromatic carbocycles. The van der Waals surface area contributed by atoms with E-state index in [4.69, 9.17) is 0 Å². The summed E-state index contributed by atoms with van der Waals surface area (Å²) in [6.07, 6.45) is 0. The molecule has 0 saturated heterocycles. The van der Waals surface area contributed by atoms with Crippen LogP contribution in [0.1, 0.15) is 26.6 Å². The maximum atomic E-state index is 4.47. The van der Waals surface area contributed by atoms with Crippen LogP contribution in [0.15, 0.2) is 24.3 Å². The van der Waals surface area contributed by atoms with Gasteiger partial charge in [0.2, 0.25) is 0 Å². The van der Waals surface area contributed by atoms with Gasteiger partial charge >= 0.3 is 0 Å². The van der Waals surface area contributed by atoms with Gasteiger partial charge in [-0.3, -0.25) is 0 Å². The second kappa shape index (κ2) is 3.84. The molecule has 2 aromatic rings. The molecule has 0 N–H and O–H groups in total. The number of hydrogen-bond donors (Lipinski definition) is 0. The van der Waals surface area contributed by atoms with Gasteiger partial charge in [-0.15, -0.1) is 0 Å². The number of rotatable bonds is 0. The molecule has 0 aliphatic carbocycles. The molecule has 75 valence electrons. The molecule has 1 heterocycles. The Bertz CT molecular complexity index is 393. The van der Waals surface area contributed by atoms with Crippen molar-refractivity contribution < 1.29 is 20.4 Å². The number of benzene rings is 1. The molecule has 2 rings (SSSR count). The van der Waals surface area contributed by atoms with Crippen LogP contribution in [0.25, 0.3) is 11.0 Å². The quantitative estimate of drug-likeness (QED) is 0.723. The van der Waals surface area contributed by atoms with Crippen molar-refractivity contribution in [3.8, 4) is 0 Å². The molecule has 0 aliphatic heterocycles. The van der Waals surface area contributed by atoms with E-state index in [9.17, 15) is 0 Å². The van der Waals surface area contributed by atoms with Crippen molar-refractivity contribution in [1.29, 1.82) is 0 Å². The first-order valence-electron chi connectivity index (χ1n) is 4.47. The number of hydrogen-bond acceptors (Lipinski definition) is 1. The van der Waals surface area contributed by atoms with Crippen LogP contribution >= 0.6 is 0 Å². The molecule has 0 bridgehead atoms. The number of fused-ring (bicyclic) bond motifs is 1. The fourth-order valence-corrected chi connectivity index (χ4v) is 1.24. The van der Waals surface area contributed by atoms with E-state index in [1.807, 2.05) is 24.3 Å². The minimum atomic E-state index is 0. The van der Waals surface area contributed by atoms with Crippen molar-refractivity contribution in [3.05, 3.63) is 30.1 Å². The second-order valence-corrected chi connectivity index (χ2v) is 4.29. The zero-order valence-corrected chi connectivity index (χ0v) is 11.3. The predicted octanol–water partition coefficient (Wildman–Crippen LogP) is 2.49. The number of nitrogens with zero attached hydrogens (tertiary/aromatic N) is 2. The molecule has 1 aromatic heterocycles. The van der Waals surface area contributed by atoms with E-state index in [0.717, 1.165) is 16.9 Å². The van der Waals surface area contributed by atoms with E-state index in [1.54, 1.807) is 0 Å². The molecule has 0 saturated carbocycles. The number of imidazole rings is 1. The van der Waals surface area contributed by atoms with Crippen molar-refractivity contribution in [2.24, 2.45) is 0 Å². The van der Waals surface area contributed by atoms with Crippen LogP contribution in [0, 0.1) is 0 Å². The van der Waals surface area contributed by atoms with Gasteiger partial charge in [0, 0.05) is 20.4 Å². The Hall–Kier alpha value is -0.648. The standard InChI is InChI=1S/C11H13N2.Re/c1-11(2,3)10-12-8-6-4-5-7-9(8)13-10;/h4-7H,1-3H3;/q-1;. The summed E-state index contributed by atoms with van der Waals surface area (Å²) >= 11 is 0. The molecule has 0 aliphatic rings. The van der Waals surface area contributed by atoms with Crippen molar-refractivity contribution in [1.82, 2.24) is 9.97 Å². The summed E-state index contributed by atoms with van der Waals surface area (Å²) in [4.78, 5) is 8.95. The van der Waals surface area contributed by atoms with Crippen molar-refractivity contribution in [3.63, 3.8) is 0 Å². The maximum Gasteiger partial charge on any atom is 0 e. The van der Waals surface area contributed by atoms with Crippen LogP contribution in [0.3, 0.4) is 0 Å². The third-order valence-corrected chi connectivity index (χ3v) is 2.01. The molecule has 14 heavy (non-hydrogen) atoms. The van der Waals surface area contributed by atoms with Gasteiger partial charge in [-0.2, -0.15) is 0 Å². The second-order valence-electron chi connectivity index (χ2n) is 4.29. The largest absolute Gasteiger partial charge is 0.439 e. The number of aromatic nitrogens is 2. The van der Waals surface area contributed by atoms with Gasteiger partial charge in [-0.05, 0) is 16.4 Å². The smallest absolute Gasteiger partial charge is 0 e. The molecule has 1 radical (unpaired) electrons. The molecular weight excluding hydrogens is 346 g/mol. The Morgan fingerprint density at radius 2 is 1.79 bits per heavy atom. The van der Waals surface area contributed by atoms with Gasteiger partial charge < -0.3 is 9.97 Å². The van der Waals surface area contributed by atoms with Crippen molar-refractivity contribution in [2.45, 2.75) is 26.2 Å². The van der Waals surface area contributed by atoms with Crippen LogP contribution < -0.4 is 4.98 Å².